The smallest absolute Gasteiger partial charge is 0.133 e. The van der Waals surface area contributed by atoms with Crippen molar-refractivity contribution in [2.75, 3.05) is 6.26 Å². The zero-order chi connectivity index (χ0) is 15.7. The van der Waals surface area contributed by atoms with Crippen molar-refractivity contribution >= 4 is 52.7 Å². The predicted molar refractivity (Wildman–Crippen MR) is 106 cm³/mol. The minimum Gasteiger partial charge on any atom is -0.383 e. The molecule has 0 saturated heterocycles. The summed E-state index contributed by atoms with van der Waals surface area (Å²) in [7, 11) is 0. The molecule has 0 bridgehead atoms. The second-order valence-electron chi connectivity index (χ2n) is 4.84. The number of nitrogen functional groups attached to an aromatic ring is 1. The van der Waals surface area contributed by atoms with Crippen LogP contribution in [0.2, 0.25) is 0 Å². The number of thiazole rings is 1. The quantitative estimate of drug-likeness (QED) is 0.367. The van der Waals surface area contributed by atoms with Gasteiger partial charge in [0.1, 0.15) is 10.8 Å². The molecule has 0 spiro atoms. The number of halogens is 1. The van der Waals surface area contributed by atoms with Gasteiger partial charge in [-0.05, 0) is 25.3 Å². The number of nitrogens with two attached hydrogens (primary N) is 1. The Balaban J connectivity index is 0.00000192. The number of nitrogens with zero attached hydrogens (tertiary/aromatic N) is 1. The maximum absolute atomic E-state index is 7.61. The van der Waals surface area contributed by atoms with Gasteiger partial charge in [-0.25, -0.2) is 4.98 Å². The van der Waals surface area contributed by atoms with E-state index in [1.807, 2.05) is 12.3 Å². The Hall–Kier alpha value is -1.34. The lowest BCUT2D eigenvalue weighted by atomic mass is 10.1. The van der Waals surface area contributed by atoms with Gasteiger partial charge < -0.3 is 5.73 Å². The summed E-state index contributed by atoms with van der Waals surface area (Å²) in [5.74, 6) is 0.113. The monoisotopic (exact) mass is 381 g/mol. The third kappa shape index (κ3) is 3.77. The molecule has 0 unspecified atom stereocenters. The van der Waals surface area contributed by atoms with E-state index < -0.39 is 0 Å². The number of amidine groups is 1. The molecule has 3 rings (SSSR count). The van der Waals surface area contributed by atoms with Crippen molar-refractivity contribution in [1.29, 1.82) is 5.41 Å². The molecule has 0 saturated carbocycles. The van der Waals surface area contributed by atoms with Crippen molar-refractivity contribution in [3.05, 3.63) is 46.2 Å². The van der Waals surface area contributed by atoms with Crippen LogP contribution in [0.4, 0.5) is 0 Å². The second kappa shape index (κ2) is 7.49. The van der Waals surface area contributed by atoms with Gasteiger partial charge in [0.2, 0.25) is 0 Å². The van der Waals surface area contributed by atoms with Crippen LogP contribution >= 0.6 is 46.8 Å². The normalized spacial score (nSPS) is 10.3. The van der Waals surface area contributed by atoms with Crippen LogP contribution in [0.1, 0.15) is 10.4 Å². The van der Waals surface area contributed by atoms with Crippen molar-refractivity contribution in [3.63, 3.8) is 0 Å². The molecule has 0 amide bonds. The lowest BCUT2D eigenvalue weighted by Gasteiger charge is -1.98. The molecule has 7 heteroatoms. The van der Waals surface area contributed by atoms with Gasteiger partial charge >= 0.3 is 0 Å². The Morgan fingerprint density at radius 3 is 2.74 bits per heavy atom. The SMILES string of the molecule is CSc1sc(C(=N)N)cc1-c1nc(-c2cccc(C)c2)cs1.Cl. The van der Waals surface area contributed by atoms with Gasteiger partial charge in [-0.3, -0.25) is 5.41 Å². The van der Waals surface area contributed by atoms with Gasteiger partial charge in [-0.15, -0.1) is 46.8 Å². The van der Waals surface area contributed by atoms with Crippen LogP contribution in [-0.2, 0) is 0 Å². The van der Waals surface area contributed by atoms with E-state index in [9.17, 15) is 0 Å². The molecule has 3 N–H and O–H groups in total. The van der Waals surface area contributed by atoms with Crippen molar-refractivity contribution < 1.29 is 0 Å². The van der Waals surface area contributed by atoms with Gasteiger partial charge in [0.15, 0.2) is 0 Å². The summed E-state index contributed by atoms with van der Waals surface area (Å²) in [5, 5.41) is 10.7. The molecule has 2 heterocycles. The second-order valence-corrected chi connectivity index (χ2v) is 7.82. The van der Waals surface area contributed by atoms with Crippen LogP contribution in [-0.4, -0.2) is 17.1 Å². The summed E-state index contributed by atoms with van der Waals surface area (Å²) >= 11 is 4.85. The van der Waals surface area contributed by atoms with Crippen molar-refractivity contribution in [2.45, 2.75) is 11.1 Å². The highest BCUT2D eigenvalue weighted by Gasteiger charge is 2.15. The van der Waals surface area contributed by atoms with Crippen LogP contribution in [0.15, 0.2) is 39.9 Å². The van der Waals surface area contributed by atoms with Crippen molar-refractivity contribution in [1.82, 2.24) is 4.98 Å². The molecule has 2 aromatic heterocycles. The van der Waals surface area contributed by atoms with E-state index in [1.165, 1.54) is 5.56 Å². The van der Waals surface area contributed by atoms with Crippen LogP contribution in [0.25, 0.3) is 21.8 Å². The molecule has 23 heavy (non-hydrogen) atoms. The summed E-state index contributed by atoms with van der Waals surface area (Å²) < 4.78 is 1.15. The largest absolute Gasteiger partial charge is 0.383 e. The van der Waals surface area contributed by atoms with Gasteiger partial charge in [-0.1, -0.05) is 23.8 Å². The highest BCUT2D eigenvalue weighted by Crippen LogP contribution is 2.40. The Morgan fingerprint density at radius 1 is 1.30 bits per heavy atom. The molecular formula is C16H16ClN3S3. The summed E-state index contributed by atoms with van der Waals surface area (Å²) in [6, 6.07) is 10.3. The maximum atomic E-state index is 7.61. The number of benzene rings is 1. The molecular weight excluding hydrogens is 366 g/mol. The number of hydrogen-bond donors (Lipinski definition) is 2. The van der Waals surface area contributed by atoms with Crippen LogP contribution in [0.3, 0.4) is 0 Å². The standard InChI is InChI=1S/C16H15N3S3.ClH/c1-9-4-3-5-10(6-9)12-8-21-15(19-12)11-7-13(14(17)18)22-16(11)20-2;/h3-8H,1-2H3,(H3,17,18);1H. The minimum atomic E-state index is 0. The lowest BCUT2D eigenvalue weighted by molar-refractivity contribution is 1.38. The topological polar surface area (TPSA) is 62.8 Å². The van der Waals surface area contributed by atoms with E-state index in [0.717, 1.165) is 30.9 Å². The Bertz CT molecular complexity index is 839. The summed E-state index contributed by atoms with van der Waals surface area (Å²) in [4.78, 5) is 5.57. The van der Waals surface area contributed by atoms with Gasteiger partial charge in [0.25, 0.3) is 0 Å². The fraction of sp³-hybridized carbons (Fsp3) is 0.125. The number of rotatable bonds is 4. The van der Waals surface area contributed by atoms with Gasteiger partial charge in [0, 0.05) is 16.5 Å². The molecule has 0 atom stereocenters. The van der Waals surface area contributed by atoms with Crippen molar-refractivity contribution in [2.24, 2.45) is 5.73 Å². The van der Waals surface area contributed by atoms with Gasteiger partial charge in [0.05, 0.1) is 14.8 Å². The average molecular weight is 382 g/mol. The average Bonchev–Trinajstić information content (AvgIpc) is 3.13. The van der Waals surface area contributed by atoms with E-state index in [-0.39, 0.29) is 18.2 Å². The minimum absolute atomic E-state index is 0. The first-order valence-corrected chi connectivity index (χ1v) is 9.55. The van der Waals surface area contributed by atoms with E-state index in [0.29, 0.717) is 0 Å². The van der Waals surface area contributed by atoms with Crippen LogP contribution in [0.5, 0.6) is 0 Å². The number of thioether (sulfide) groups is 1. The third-order valence-corrected chi connectivity index (χ3v) is 6.38. The van der Waals surface area contributed by atoms with E-state index in [1.54, 1.807) is 34.4 Å². The lowest BCUT2D eigenvalue weighted by Crippen LogP contribution is -2.08. The first-order chi connectivity index (χ1) is 10.6. The summed E-state index contributed by atoms with van der Waals surface area (Å²) in [6.45, 7) is 2.08. The zero-order valence-corrected chi connectivity index (χ0v) is 15.9. The van der Waals surface area contributed by atoms with Crippen LogP contribution in [0, 0.1) is 12.3 Å². The molecule has 0 aliphatic rings. The van der Waals surface area contributed by atoms with E-state index in [2.05, 4.69) is 36.6 Å². The Kier molecular flexibility index (Phi) is 5.86. The van der Waals surface area contributed by atoms with Gasteiger partial charge in [-0.2, -0.15) is 0 Å². The predicted octanol–water partition coefficient (Wildman–Crippen LogP) is 5.27. The highest BCUT2D eigenvalue weighted by molar-refractivity contribution is 8.00. The van der Waals surface area contributed by atoms with Crippen LogP contribution < -0.4 is 5.73 Å². The first-order valence-electron chi connectivity index (χ1n) is 6.63. The Labute approximate surface area is 153 Å². The number of thiophene rings is 1. The molecule has 120 valence electrons. The fourth-order valence-corrected chi connectivity index (χ4v) is 4.85. The number of nitrogens with one attached hydrogen (secondary N) is 1. The highest BCUT2D eigenvalue weighted by atomic mass is 35.5. The molecule has 0 aliphatic heterocycles. The fourth-order valence-electron chi connectivity index (χ4n) is 2.14. The zero-order valence-electron chi connectivity index (χ0n) is 12.6. The molecule has 0 fully saturated rings. The molecule has 3 aromatic rings. The Morgan fingerprint density at radius 2 is 2.09 bits per heavy atom. The molecule has 0 aliphatic carbocycles. The van der Waals surface area contributed by atoms with Crippen molar-refractivity contribution in [3.8, 4) is 21.8 Å². The first kappa shape index (κ1) is 18.0. The molecule has 1 aromatic carbocycles. The number of aromatic nitrogens is 1. The molecule has 3 nitrogen and oxygen atoms in total. The molecule has 0 radical (unpaired) electrons. The number of hydrogen-bond acceptors (Lipinski definition) is 5. The summed E-state index contributed by atoms with van der Waals surface area (Å²) in [5.41, 5.74) is 10.0. The summed E-state index contributed by atoms with van der Waals surface area (Å²) in [6.07, 6.45) is 2.04. The van der Waals surface area contributed by atoms with E-state index >= 15 is 0 Å². The van der Waals surface area contributed by atoms with E-state index in [4.69, 9.17) is 16.1 Å². The maximum Gasteiger partial charge on any atom is 0.133 e. The third-order valence-electron chi connectivity index (χ3n) is 3.20. The number of aryl methyl sites for hydroxylation is 1.